The van der Waals surface area contributed by atoms with Crippen LogP contribution in [0.1, 0.15) is 0 Å². The smallest absolute Gasteiger partial charge is 0.257 e. The van der Waals surface area contributed by atoms with Crippen molar-refractivity contribution in [2.45, 2.75) is 0 Å². The molecule has 0 spiro atoms. The van der Waals surface area contributed by atoms with Gasteiger partial charge in [0.05, 0.1) is 11.1 Å². The SMILES string of the molecule is COCCNCCNC(=O)COc1ccc(F)cc1Br.Cl. The van der Waals surface area contributed by atoms with Gasteiger partial charge in [0, 0.05) is 26.7 Å². The van der Waals surface area contributed by atoms with Gasteiger partial charge in [0.15, 0.2) is 6.61 Å². The fourth-order valence-corrected chi connectivity index (χ4v) is 1.84. The monoisotopic (exact) mass is 384 g/mol. The lowest BCUT2D eigenvalue weighted by Crippen LogP contribution is -2.35. The van der Waals surface area contributed by atoms with Crippen LogP contribution in [0.25, 0.3) is 0 Å². The molecular weight excluding hydrogens is 367 g/mol. The highest BCUT2D eigenvalue weighted by atomic mass is 79.9. The summed E-state index contributed by atoms with van der Waals surface area (Å²) in [6.07, 6.45) is 0. The van der Waals surface area contributed by atoms with Gasteiger partial charge < -0.3 is 20.1 Å². The van der Waals surface area contributed by atoms with Crippen molar-refractivity contribution in [3.8, 4) is 5.75 Å². The van der Waals surface area contributed by atoms with Crippen molar-refractivity contribution >= 4 is 34.2 Å². The molecule has 120 valence electrons. The molecule has 21 heavy (non-hydrogen) atoms. The Balaban J connectivity index is 0.00000400. The summed E-state index contributed by atoms with van der Waals surface area (Å²) in [7, 11) is 1.63. The number of hydrogen-bond acceptors (Lipinski definition) is 4. The Labute approximate surface area is 138 Å². The molecule has 0 aliphatic heterocycles. The number of hydrogen-bond donors (Lipinski definition) is 2. The third kappa shape index (κ3) is 8.87. The van der Waals surface area contributed by atoms with Gasteiger partial charge in [0.2, 0.25) is 0 Å². The molecule has 0 aromatic heterocycles. The van der Waals surface area contributed by atoms with E-state index < -0.39 is 0 Å². The second-order valence-electron chi connectivity index (χ2n) is 3.96. The Bertz CT molecular complexity index is 438. The maximum absolute atomic E-state index is 12.9. The summed E-state index contributed by atoms with van der Waals surface area (Å²) in [5.41, 5.74) is 0. The zero-order chi connectivity index (χ0) is 14.8. The van der Waals surface area contributed by atoms with E-state index in [4.69, 9.17) is 9.47 Å². The van der Waals surface area contributed by atoms with Crippen LogP contribution in [0.2, 0.25) is 0 Å². The minimum absolute atomic E-state index is 0. The van der Waals surface area contributed by atoms with Crippen molar-refractivity contribution in [2.75, 3.05) is 40.0 Å². The highest BCUT2D eigenvalue weighted by Gasteiger charge is 2.06. The van der Waals surface area contributed by atoms with Crippen LogP contribution < -0.4 is 15.4 Å². The van der Waals surface area contributed by atoms with Gasteiger partial charge in [-0.3, -0.25) is 4.79 Å². The van der Waals surface area contributed by atoms with Gasteiger partial charge in [0.25, 0.3) is 5.91 Å². The minimum atomic E-state index is -0.365. The Morgan fingerprint density at radius 3 is 2.76 bits per heavy atom. The molecular formula is C13H19BrClFN2O3. The predicted octanol–water partition coefficient (Wildman–Crippen LogP) is 1.74. The zero-order valence-electron chi connectivity index (χ0n) is 11.7. The molecule has 0 saturated heterocycles. The molecule has 0 aliphatic rings. The topological polar surface area (TPSA) is 59.6 Å². The van der Waals surface area contributed by atoms with E-state index in [1.54, 1.807) is 7.11 Å². The Morgan fingerprint density at radius 2 is 2.10 bits per heavy atom. The van der Waals surface area contributed by atoms with E-state index >= 15 is 0 Å². The summed E-state index contributed by atoms with van der Waals surface area (Å²) in [5, 5.41) is 5.81. The number of benzene rings is 1. The first kappa shape index (κ1) is 20.1. The number of methoxy groups -OCH3 is 1. The molecule has 0 aliphatic carbocycles. The molecule has 0 unspecified atom stereocenters. The number of ether oxygens (including phenoxy) is 2. The fourth-order valence-electron chi connectivity index (χ4n) is 1.38. The van der Waals surface area contributed by atoms with E-state index in [1.807, 2.05) is 0 Å². The summed E-state index contributed by atoms with van der Waals surface area (Å²) in [6, 6.07) is 4.03. The molecule has 8 heteroatoms. The summed E-state index contributed by atoms with van der Waals surface area (Å²) in [5.74, 6) is -0.162. The summed E-state index contributed by atoms with van der Waals surface area (Å²) in [4.78, 5) is 11.5. The molecule has 0 atom stereocenters. The Kier molecular flexibility index (Phi) is 11.2. The van der Waals surface area contributed by atoms with Crippen molar-refractivity contribution in [1.82, 2.24) is 10.6 Å². The lowest BCUT2D eigenvalue weighted by Gasteiger charge is -2.09. The van der Waals surface area contributed by atoms with Crippen molar-refractivity contribution in [3.63, 3.8) is 0 Å². The summed E-state index contributed by atoms with van der Waals surface area (Å²) >= 11 is 3.17. The average molecular weight is 386 g/mol. The van der Waals surface area contributed by atoms with Gasteiger partial charge in [0.1, 0.15) is 11.6 Å². The second-order valence-corrected chi connectivity index (χ2v) is 4.81. The Morgan fingerprint density at radius 1 is 1.33 bits per heavy atom. The quantitative estimate of drug-likeness (QED) is 0.636. The molecule has 1 aromatic carbocycles. The first-order valence-corrected chi connectivity index (χ1v) is 6.97. The molecule has 0 saturated carbocycles. The van der Waals surface area contributed by atoms with Crippen LogP contribution in [0.15, 0.2) is 22.7 Å². The summed E-state index contributed by atoms with van der Waals surface area (Å²) in [6.45, 7) is 2.44. The first-order chi connectivity index (χ1) is 9.63. The molecule has 1 aromatic rings. The highest BCUT2D eigenvalue weighted by Crippen LogP contribution is 2.25. The molecule has 5 nitrogen and oxygen atoms in total. The lowest BCUT2D eigenvalue weighted by atomic mass is 10.3. The van der Waals surface area contributed by atoms with Crippen LogP contribution in [-0.4, -0.2) is 45.9 Å². The van der Waals surface area contributed by atoms with Gasteiger partial charge in [-0.15, -0.1) is 12.4 Å². The van der Waals surface area contributed by atoms with Crippen LogP contribution >= 0.6 is 28.3 Å². The van der Waals surface area contributed by atoms with Crippen molar-refractivity contribution < 1.29 is 18.7 Å². The van der Waals surface area contributed by atoms with Gasteiger partial charge >= 0.3 is 0 Å². The van der Waals surface area contributed by atoms with Crippen LogP contribution in [0.3, 0.4) is 0 Å². The standard InChI is InChI=1S/C13H18BrFN2O3.ClH/c1-19-7-6-16-4-5-17-13(18)9-20-12-3-2-10(15)8-11(12)14;/h2-3,8,16H,4-7,9H2,1H3,(H,17,18);1H. The molecule has 1 amide bonds. The van der Waals surface area contributed by atoms with Crippen LogP contribution in [0.5, 0.6) is 5.75 Å². The van der Waals surface area contributed by atoms with E-state index in [2.05, 4.69) is 26.6 Å². The number of halogens is 3. The predicted molar refractivity (Wildman–Crippen MR) is 84.6 cm³/mol. The van der Waals surface area contributed by atoms with Gasteiger partial charge in [-0.05, 0) is 34.1 Å². The maximum atomic E-state index is 12.9. The number of carbonyl (C=O) groups excluding carboxylic acids is 1. The number of carbonyl (C=O) groups is 1. The molecule has 0 radical (unpaired) electrons. The molecule has 1 rings (SSSR count). The largest absolute Gasteiger partial charge is 0.483 e. The van der Waals surface area contributed by atoms with Crippen molar-refractivity contribution in [2.24, 2.45) is 0 Å². The maximum Gasteiger partial charge on any atom is 0.257 e. The molecule has 0 fully saturated rings. The molecule has 0 bridgehead atoms. The minimum Gasteiger partial charge on any atom is -0.483 e. The number of amides is 1. The number of rotatable bonds is 9. The second kappa shape index (κ2) is 11.7. The molecule has 0 heterocycles. The lowest BCUT2D eigenvalue weighted by molar-refractivity contribution is -0.123. The van der Waals surface area contributed by atoms with Crippen molar-refractivity contribution in [3.05, 3.63) is 28.5 Å². The molecule has 2 N–H and O–H groups in total. The fraction of sp³-hybridized carbons (Fsp3) is 0.462. The van der Waals surface area contributed by atoms with Gasteiger partial charge in [-0.2, -0.15) is 0 Å². The van der Waals surface area contributed by atoms with E-state index in [0.29, 0.717) is 29.9 Å². The van der Waals surface area contributed by atoms with Crippen LogP contribution in [-0.2, 0) is 9.53 Å². The third-order valence-corrected chi connectivity index (χ3v) is 2.98. The number of nitrogens with one attached hydrogen (secondary N) is 2. The normalized spacial score (nSPS) is 9.86. The van der Waals surface area contributed by atoms with Crippen LogP contribution in [0, 0.1) is 5.82 Å². The average Bonchev–Trinajstić information content (AvgIpc) is 2.41. The van der Waals surface area contributed by atoms with E-state index in [1.165, 1.54) is 18.2 Å². The Hall–Kier alpha value is -0.890. The van der Waals surface area contributed by atoms with E-state index in [0.717, 1.165) is 6.54 Å². The highest BCUT2D eigenvalue weighted by molar-refractivity contribution is 9.10. The van der Waals surface area contributed by atoms with Crippen molar-refractivity contribution in [1.29, 1.82) is 0 Å². The third-order valence-electron chi connectivity index (χ3n) is 2.36. The van der Waals surface area contributed by atoms with E-state index in [9.17, 15) is 9.18 Å². The van der Waals surface area contributed by atoms with Gasteiger partial charge in [-0.1, -0.05) is 0 Å². The first-order valence-electron chi connectivity index (χ1n) is 6.17. The van der Waals surface area contributed by atoms with Gasteiger partial charge in [-0.25, -0.2) is 4.39 Å². The summed E-state index contributed by atoms with van der Waals surface area (Å²) < 4.78 is 23.5. The van der Waals surface area contributed by atoms with Crippen LogP contribution in [0.4, 0.5) is 4.39 Å². The van der Waals surface area contributed by atoms with E-state index in [-0.39, 0.29) is 30.7 Å². The zero-order valence-corrected chi connectivity index (χ0v) is 14.1.